The van der Waals surface area contributed by atoms with Gasteiger partial charge in [-0.1, -0.05) is 32.9 Å². The molecule has 0 aromatic heterocycles. The molecule has 1 N–H and O–H groups in total. The lowest BCUT2D eigenvalue weighted by Crippen LogP contribution is -2.47. The van der Waals surface area contributed by atoms with E-state index in [1.807, 2.05) is 7.05 Å². The number of ether oxygens (including phenoxy) is 1. The largest absolute Gasteiger partial charge is 0.379 e. The van der Waals surface area contributed by atoms with Crippen molar-refractivity contribution in [2.45, 2.75) is 39.3 Å². The van der Waals surface area contributed by atoms with Crippen LogP contribution in [0.1, 0.15) is 27.2 Å². The van der Waals surface area contributed by atoms with Crippen molar-refractivity contribution < 1.29 is 4.74 Å². The second-order valence-corrected chi connectivity index (χ2v) is 7.33. The topological polar surface area (TPSA) is 40.1 Å². The third-order valence-corrected chi connectivity index (χ3v) is 4.73. The highest BCUT2D eigenvalue weighted by Crippen LogP contribution is 2.21. The number of hydrogen-bond donors (Lipinski definition) is 1. The Kier molecular flexibility index (Phi) is 8.30. The Bertz CT molecular complexity index is 411. The first-order chi connectivity index (χ1) is 10.5. The van der Waals surface area contributed by atoms with Gasteiger partial charge in [0.2, 0.25) is 0 Å². The molecule has 134 valence electrons. The second kappa shape index (κ2) is 9.22. The normalized spacial score (nSPS) is 24.0. The zero-order chi connectivity index (χ0) is 16.2. The molecule has 0 radical (unpaired) electrons. The van der Waals surface area contributed by atoms with Crippen LogP contribution in [0.15, 0.2) is 17.1 Å². The van der Waals surface area contributed by atoms with Gasteiger partial charge in [-0.3, -0.25) is 9.89 Å². The molecule has 5 nitrogen and oxygen atoms in total. The number of methoxy groups -OCH3 is 1. The van der Waals surface area contributed by atoms with Crippen molar-refractivity contribution in [3.05, 3.63) is 12.2 Å². The quantitative estimate of drug-likeness (QED) is 0.318. The van der Waals surface area contributed by atoms with Crippen molar-refractivity contribution in [1.82, 2.24) is 15.1 Å². The van der Waals surface area contributed by atoms with E-state index in [-0.39, 0.29) is 35.5 Å². The predicted molar refractivity (Wildman–Crippen MR) is 108 cm³/mol. The average molecular weight is 436 g/mol. The van der Waals surface area contributed by atoms with Crippen LogP contribution in [0, 0.1) is 5.41 Å². The van der Waals surface area contributed by atoms with Gasteiger partial charge < -0.3 is 15.0 Å². The minimum Gasteiger partial charge on any atom is -0.379 e. The number of halogens is 1. The molecule has 0 spiro atoms. The average Bonchev–Trinajstić information content (AvgIpc) is 3.12. The highest BCUT2D eigenvalue weighted by Gasteiger charge is 2.30. The first-order valence-corrected chi connectivity index (χ1v) is 8.33. The van der Waals surface area contributed by atoms with Crippen molar-refractivity contribution in [1.29, 1.82) is 0 Å². The number of guanidine groups is 1. The van der Waals surface area contributed by atoms with E-state index in [2.05, 4.69) is 53.0 Å². The molecule has 0 bridgehead atoms. The van der Waals surface area contributed by atoms with Gasteiger partial charge in [-0.05, 0) is 11.8 Å². The molecule has 23 heavy (non-hydrogen) atoms. The van der Waals surface area contributed by atoms with Gasteiger partial charge in [-0.25, -0.2) is 0 Å². The number of aliphatic imine (C=N–C) groups is 1. The maximum Gasteiger partial charge on any atom is 0.193 e. The molecule has 0 amide bonds. The SMILES string of the molecule is CN=C(NCC(OC)C(C)(C)C)N1CCC(N2CC=CC2)C1.I. The summed E-state index contributed by atoms with van der Waals surface area (Å²) in [5.74, 6) is 1.00. The molecule has 1 saturated heterocycles. The summed E-state index contributed by atoms with van der Waals surface area (Å²) in [7, 11) is 3.65. The fourth-order valence-electron chi connectivity index (χ4n) is 3.28. The highest BCUT2D eigenvalue weighted by atomic mass is 127. The van der Waals surface area contributed by atoms with Crippen LogP contribution in [0.2, 0.25) is 0 Å². The van der Waals surface area contributed by atoms with Gasteiger partial charge in [0.1, 0.15) is 0 Å². The fraction of sp³-hybridized carbons (Fsp3) is 0.824. The van der Waals surface area contributed by atoms with Gasteiger partial charge in [0.05, 0.1) is 6.10 Å². The summed E-state index contributed by atoms with van der Waals surface area (Å²) in [6.45, 7) is 11.7. The zero-order valence-corrected chi connectivity index (χ0v) is 17.5. The molecule has 0 aromatic carbocycles. The Morgan fingerprint density at radius 1 is 1.35 bits per heavy atom. The molecule has 0 aromatic rings. The standard InChI is InChI=1S/C17H32N4O.HI/c1-17(2,3)15(22-5)12-19-16(18-4)21-11-8-14(13-21)20-9-6-7-10-20;/h6-7,14-15H,8-13H2,1-5H3,(H,18,19);1H. The molecule has 2 rings (SSSR count). The summed E-state index contributed by atoms with van der Waals surface area (Å²) in [4.78, 5) is 9.38. The van der Waals surface area contributed by atoms with Crippen LogP contribution in [0.5, 0.6) is 0 Å². The van der Waals surface area contributed by atoms with Crippen molar-refractivity contribution >= 4 is 29.9 Å². The molecule has 2 unspecified atom stereocenters. The number of hydrogen-bond acceptors (Lipinski definition) is 3. The molecule has 6 heteroatoms. The van der Waals surface area contributed by atoms with Gasteiger partial charge in [0.15, 0.2) is 5.96 Å². The summed E-state index contributed by atoms with van der Waals surface area (Å²) < 4.78 is 5.62. The van der Waals surface area contributed by atoms with E-state index in [1.165, 1.54) is 6.42 Å². The van der Waals surface area contributed by atoms with Crippen molar-refractivity contribution in [3.8, 4) is 0 Å². The van der Waals surface area contributed by atoms with Crippen LogP contribution in [0.3, 0.4) is 0 Å². The summed E-state index contributed by atoms with van der Waals surface area (Å²) >= 11 is 0. The molecule has 2 aliphatic rings. The van der Waals surface area contributed by atoms with Gasteiger partial charge in [0.25, 0.3) is 0 Å². The number of rotatable bonds is 4. The Labute approximate surface area is 158 Å². The van der Waals surface area contributed by atoms with Gasteiger partial charge in [0, 0.05) is 52.9 Å². The van der Waals surface area contributed by atoms with Gasteiger partial charge >= 0.3 is 0 Å². The van der Waals surface area contributed by atoms with E-state index in [0.29, 0.717) is 6.04 Å². The monoisotopic (exact) mass is 436 g/mol. The molecular formula is C17H33IN4O. The first kappa shape index (κ1) is 20.7. The van der Waals surface area contributed by atoms with E-state index in [1.54, 1.807) is 7.11 Å². The van der Waals surface area contributed by atoms with Crippen LogP contribution in [-0.4, -0.2) is 74.8 Å². The Morgan fingerprint density at radius 3 is 2.52 bits per heavy atom. The van der Waals surface area contributed by atoms with Gasteiger partial charge in [-0.15, -0.1) is 24.0 Å². The Balaban J connectivity index is 0.00000264. The molecule has 0 saturated carbocycles. The third-order valence-electron chi connectivity index (χ3n) is 4.73. The molecule has 0 aliphatic carbocycles. The van der Waals surface area contributed by atoms with E-state index in [9.17, 15) is 0 Å². The van der Waals surface area contributed by atoms with Crippen molar-refractivity contribution in [2.24, 2.45) is 10.4 Å². The molecule has 2 heterocycles. The van der Waals surface area contributed by atoms with Crippen LogP contribution in [-0.2, 0) is 4.74 Å². The maximum atomic E-state index is 5.62. The van der Waals surface area contributed by atoms with Crippen LogP contribution in [0.4, 0.5) is 0 Å². The summed E-state index contributed by atoms with van der Waals surface area (Å²) in [5, 5.41) is 3.50. The zero-order valence-electron chi connectivity index (χ0n) is 15.2. The lowest BCUT2D eigenvalue weighted by Gasteiger charge is -2.31. The predicted octanol–water partition coefficient (Wildman–Crippen LogP) is 2.19. The molecule has 1 fully saturated rings. The van der Waals surface area contributed by atoms with E-state index in [0.717, 1.165) is 38.7 Å². The summed E-state index contributed by atoms with van der Waals surface area (Å²) in [6, 6.07) is 0.648. The van der Waals surface area contributed by atoms with E-state index in [4.69, 9.17) is 4.74 Å². The Hall–Kier alpha value is -0.340. The fourth-order valence-corrected chi connectivity index (χ4v) is 3.28. The highest BCUT2D eigenvalue weighted by molar-refractivity contribution is 14.0. The minimum atomic E-state index is 0. The van der Waals surface area contributed by atoms with Gasteiger partial charge in [-0.2, -0.15) is 0 Å². The molecular weight excluding hydrogens is 403 g/mol. The van der Waals surface area contributed by atoms with Crippen LogP contribution in [0.25, 0.3) is 0 Å². The molecule has 2 aliphatic heterocycles. The smallest absolute Gasteiger partial charge is 0.193 e. The number of likely N-dealkylation sites (tertiary alicyclic amines) is 1. The van der Waals surface area contributed by atoms with Crippen LogP contribution >= 0.6 is 24.0 Å². The van der Waals surface area contributed by atoms with Crippen molar-refractivity contribution in [2.75, 3.05) is 46.9 Å². The minimum absolute atomic E-state index is 0. The van der Waals surface area contributed by atoms with Crippen molar-refractivity contribution in [3.63, 3.8) is 0 Å². The maximum absolute atomic E-state index is 5.62. The number of nitrogens with one attached hydrogen (secondary N) is 1. The molecule has 2 atom stereocenters. The van der Waals surface area contributed by atoms with E-state index < -0.39 is 0 Å². The second-order valence-electron chi connectivity index (χ2n) is 7.33. The lowest BCUT2D eigenvalue weighted by molar-refractivity contribution is 0.0202. The van der Waals surface area contributed by atoms with E-state index >= 15 is 0 Å². The lowest BCUT2D eigenvalue weighted by atomic mass is 9.89. The third kappa shape index (κ3) is 5.60. The number of nitrogens with zero attached hydrogens (tertiary/aromatic N) is 3. The Morgan fingerprint density at radius 2 is 2.00 bits per heavy atom. The first-order valence-electron chi connectivity index (χ1n) is 8.33. The summed E-state index contributed by atoms with van der Waals surface area (Å²) in [6.07, 6.45) is 5.92. The summed E-state index contributed by atoms with van der Waals surface area (Å²) in [5.41, 5.74) is 0.120. The van der Waals surface area contributed by atoms with Crippen LogP contribution < -0.4 is 5.32 Å².